The number of carbonyl (C=O) groups is 2. The van der Waals surface area contributed by atoms with E-state index in [-0.39, 0.29) is 17.9 Å². The summed E-state index contributed by atoms with van der Waals surface area (Å²) in [5.41, 5.74) is 4.46. The highest BCUT2D eigenvalue weighted by molar-refractivity contribution is 5.99. The highest BCUT2D eigenvalue weighted by atomic mass is 16.2. The van der Waals surface area contributed by atoms with Crippen LogP contribution in [0.4, 0.5) is 5.69 Å². The molecule has 1 heterocycles. The smallest absolute Gasteiger partial charge is 0.228 e. The van der Waals surface area contributed by atoms with Gasteiger partial charge in [-0.3, -0.25) is 9.59 Å². The van der Waals surface area contributed by atoms with Crippen LogP contribution < -0.4 is 10.6 Å². The zero-order valence-corrected chi connectivity index (χ0v) is 17.9. The van der Waals surface area contributed by atoms with Gasteiger partial charge in [-0.15, -0.1) is 0 Å². The second-order valence-corrected chi connectivity index (χ2v) is 8.90. The van der Waals surface area contributed by atoms with Gasteiger partial charge < -0.3 is 15.5 Å². The molecule has 5 nitrogen and oxygen atoms in total. The second kappa shape index (κ2) is 9.00. The number of likely N-dealkylation sites (N-methyl/N-ethyl adjacent to an activating group) is 1. The molecule has 5 heteroatoms. The summed E-state index contributed by atoms with van der Waals surface area (Å²) >= 11 is 0. The second-order valence-electron chi connectivity index (χ2n) is 8.90. The SMILES string of the molecule is CN(C)C(CNC(=O)CC(c1ccccc1)C1CC1)Cc1ccc2c(c1)CC(=O)N2. The third kappa shape index (κ3) is 5.08. The van der Waals surface area contributed by atoms with Crippen molar-refractivity contribution in [2.24, 2.45) is 5.92 Å². The Balaban J connectivity index is 1.34. The molecule has 30 heavy (non-hydrogen) atoms. The molecule has 2 aliphatic rings. The Kier molecular flexibility index (Phi) is 6.18. The van der Waals surface area contributed by atoms with E-state index in [0.29, 0.717) is 31.2 Å². The van der Waals surface area contributed by atoms with Gasteiger partial charge in [0, 0.05) is 24.7 Å². The third-order valence-corrected chi connectivity index (χ3v) is 6.36. The molecule has 158 valence electrons. The van der Waals surface area contributed by atoms with Crippen LogP contribution in [0.5, 0.6) is 0 Å². The van der Waals surface area contributed by atoms with E-state index in [0.717, 1.165) is 17.7 Å². The summed E-state index contributed by atoms with van der Waals surface area (Å²) in [6.45, 7) is 0.617. The number of rotatable bonds is 9. The van der Waals surface area contributed by atoms with E-state index in [1.54, 1.807) is 0 Å². The summed E-state index contributed by atoms with van der Waals surface area (Å²) in [5, 5.41) is 6.06. The van der Waals surface area contributed by atoms with Gasteiger partial charge in [0.25, 0.3) is 0 Å². The number of nitrogens with one attached hydrogen (secondary N) is 2. The summed E-state index contributed by atoms with van der Waals surface area (Å²) in [6, 6.07) is 16.8. The Morgan fingerprint density at radius 2 is 1.93 bits per heavy atom. The Bertz CT molecular complexity index is 906. The van der Waals surface area contributed by atoms with Crippen molar-refractivity contribution in [3.63, 3.8) is 0 Å². The molecule has 2 aromatic rings. The van der Waals surface area contributed by atoms with Crippen molar-refractivity contribution in [1.82, 2.24) is 10.2 Å². The van der Waals surface area contributed by atoms with Crippen LogP contribution in [-0.2, 0) is 22.4 Å². The van der Waals surface area contributed by atoms with Gasteiger partial charge in [-0.25, -0.2) is 0 Å². The maximum atomic E-state index is 12.8. The lowest BCUT2D eigenvalue weighted by Crippen LogP contribution is -2.42. The van der Waals surface area contributed by atoms with Gasteiger partial charge in [0.2, 0.25) is 11.8 Å². The Hall–Kier alpha value is -2.66. The number of anilines is 1. The van der Waals surface area contributed by atoms with E-state index in [2.05, 4.69) is 51.9 Å². The minimum atomic E-state index is 0.0576. The molecule has 0 bridgehead atoms. The first-order valence-electron chi connectivity index (χ1n) is 10.9. The highest BCUT2D eigenvalue weighted by Crippen LogP contribution is 2.44. The molecular formula is C25H31N3O2. The monoisotopic (exact) mass is 405 g/mol. The Labute approximate surface area is 178 Å². The molecule has 2 unspecified atom stereocenters. The lowest BCUT2D eigenvalue weighted by molar-refractivity contribution is -0.121. The molecular weight excluding hydrogens is 374 g/mol. The van der Waals surface area contributed by atoms with E-state index in [1.807, 2.05) is 26.2 Å². The normalized spacial score (nSPS) is 17.4. The predicted octanol–water partition coefficient (Wildman–Crippen LogP) is 3.35. The molecule has 0 saturated heterocycles. The van der Waals surface area contributed by atoms with Gasteiger partial charge in [0.1, 0.15) is 0 Å². The fourth-order valence-electron chi connectivity index (χ4n) is 4.38. The van der Waals surface area contributed by atoms with Crippen molar-refractivity contribution < 1.29 is 9.59 Å². The number of carbonyl (C=O) groups excluding carboxylic acids is 2. The van der Waals surface area contributed by atoms with E-state index < -0.39 is 0 Å². The molecule has 1 fully saturated rings. The average molecular weight is 406 g/mol. The fourth-order valence-corrected chi connectivity index (χ4v) is 4.38. The minimum Gasteiger partial charge on any atom is -0.355 e. The van der Waals surface area contributed by atoms with Crippen molar-refractivity contribution in [3.8, 4) is 0 Å². The minimum absolute atomic E-state index is 0.0576. The zero-order chi connectivity index (χ0) is 21.1. The van der Waals surface area contributed by atoms with E-state index in [4.69, 9.17) is 0 Å². The molecule has 1 aliphatic carbocycles. The van der Waals surface area contributed by atoms with E-state index in [1.165, 1.54) is 24.0 Å². The predicted molar refractivity (Wildman–Crippen MR) is 119 cm³/mol. The largest absolute Gasteiger partial charge is 0.355 e. The molecule has 2 N–H and O–H groups in total. The molecule has 2 aromatic carbocycles. The van der Waals surface area contributed by atoms with Gasteiger partial charge in [-0.2, -0.15) is 0 Å². The summed E-state index contributed by atoms with van der Waals surface area (Å²) in [7, 11) is 4.10. The van der Waals surface area contributed by atoms with Crippen molar-refractivity contribution in [2.45, 2.75) is 44.1 Å². The number of hydrogen-bond donors (Lipinski definition) is 2. The lowest BCUT2D eigenvalue weighted by Gasteiger charge is -2.25. The average Bonchev–Trinajstić information content (AvgIpc) is 3.50. The van der Waals surface area contributed by atoms with Crippen LogP contribution in [-0.4, -0.2) is 43.4 Å². The molecule has 1 aliphatic heterocycles. The molecule has 2 atom stereocenters. The topological polar surface area (TPSA) is 61.4 Å². The number of benzene rings is 2. The van der Waals surface area contributed by atoms with Gasteiger partial charge in [-0.1, -0.05) is 42.5 Å². The number of amides is 2. The first-order valence-corrected chi connectivity index (χ1v) is 10.9. The summed E-state index contributed by atoms with van der Waals surface area (Å²) in [6.07, 6.45) is 4.29. The molecule has 1 saturated carbocycles. The zero-order valence-electron chi connectivity index (χ0n) is 17.9. The first kappa shape index (κ1) is 20.6. The Morgan fingerprint density at radius 3 is 2.63 bits per heavy atom. The standard InChI is InChI=1S/C25H31N3O2/c1-28(2)21(13-17-8-11-23-20(12-17)14-25(30)27-23)16-26-24(29)15-22(19-9-10-19)18-6-4-3-5-7-18/h3-8,11-12,19,21-22H,9-10,13-16H2,1-2H3,(H,26,29)(H,27,30). The first-order chi connectivity index (χ1) is 14.5. The molecule has 0 radical (unpaired) electrons. The molecule has 0 aromatic heterocycles. The number of nitrogens with zero attached hydrogens (tertiary/aromatic N) is 1. The van der Waals surface area contributed by atoms with Crippen LogP contribution in [0.2, 0.25) is 0 Å². The van der Waals surface area contributed by atoms with Crippen LogP contribution in [0.3, 0.4) is 0 Å². The molecule has 2 amide bonds. The highest BCUT2D eigenvalue weighted by Gasteiger charge is 2.33. The summed E-state index contributed by atoms with van der Waals surface area (Å²) in [4.78, 5) is 26.5. The van der Waals surface area contributed by atoms with Crippen LogP contribution in [0.1, 0.15) is 41.9 Å². The van der Waals surface area contributed by atoms with Crippen LogP contribution in [0, 0.1) is 5.92 Å². The number of hydrogen-bond acceptors (Lipinski definition) is 3. The van der Waals surface area contributed by atoms with Crippen LogP contribution >= 0.6 is 0 Å². The summed E-state index contributed by atoms with van der Waals surface area (Å²) in [5.74, 6) is 1.16. The van der Waals surface area contributed by atoms with Crippen LogP contribution in [0.25, 0.3) is 0 Å². The van der Waals surface area contributed by atoms with Crippen molar-refractivity contribution in [3.05, 3.63) is 65.2 Å². The van der Waals surface area contributed by atoms with Gasteiger partial charge in [-0.05, 0) is 68.0 Å². The Morgan fingerprint density at radius 1 is 1.17 bits per heavy atom. The van der Waals surface area contributed by atoms with Gasteiger partial charge >= 0.3 is 0 Å². The number of fused-ring (bicyclic) bond motifs is 1. The van der Waals surface area contributed by atoms with Gasteiger partial charge in [0.15, 0.2) is 0 Å². The van der Waals surface area contributed by atoms with Crippen LogP contribution in [0.15, 0.2) is 48.5 Å². The molecule has 0 spiro atoms. The molecule has 4 rings (SSSR count). The summed E-state index contributed by atoms with van der Waals surface area (Å²) < 4.78 is 0. The maximum absolute atomic E-state index is 12.8. The van der Waals surface area contributed by atoms with Crippen molar-refractivity contribution in [2.75, 3.05) is 26.0 Å². The quantitative estimate of drug-likeness (QED) is 0.673. The van der Waals surface area contributed by atoms with Crippen molar-refractivity contribution >= 4 is 17.5 Å². The maximum Gasteiger partial charge on any atom is 0.228 e. The third-order valence-electron chi connectivity index (χ3n) is 6.36. The van der Waals surface area contributed by atoms with Crippen molar-refractivity contribution in [1.29, 1.82) is 0 Å². The van der Waals surface area contributed by atoms with Gasteiger partial charge in [0.05, 0.1) is 6.42 Å². The van der Waals surface area contributed by atoms with E-state index in [9.17, 15) is 9.59 Å². The fraction of sp³-hybridized carbons (Fsp3) is 0.440. The van der Waals surface area contributed by atoms with E-state index >= 15 is 0 Å². The lowest BCUT2D eigenvalue weighted by atomic mass is 9.90.